The Hall–Kier alpha value is -2.92. The second kappa shape index (κ2) is 13.6. The summed E-state index contributed by atoms with van der Waals surface area (Å²) in [7, 11) is -3.07. The first-order valence-electron chi connectivity index (χ1n) is 11.6. The number of hydrogen-bond acceptors (Lipinski definition) is 11. The minimum Gasteiger partial charge on any atom is -0.481 e. The molecule has 208 valence electrons. The van der Waals surface area contributed by atoms with E-state index in [2.05, 4.69) is 19.8 Å². The van der Waals surface area contributed by atoms with Gasteiger partial charge in [-0.15, -0.1) is 0 Å². The van der Waals surface area contributed by atoms with Gasteiger partial charge in [0.05, 0.1) is 31.8 Å². The number of aliphatic carboxylic acids is 3. The predicted molar refractivity (Wildman–Crippen MR) is 128 cm³/mol. The summed E-state index contributed by atoms with van der Waals surface area (Å²) in [5, 5.41) is 33.8. The number of carboxylic acids is 3. The minimum absolute atomic E-state index is 0.170. The number of rotatable bonds is 10. The van der Waals surface area contributed by atoms with E-state index < -0.39 is 46.4 Å². The van der Waals surface area contributed by atoms with Crippen molar-refractivity contribution in [1.29, 1.82) is 0 Å². The lowest BCUT2D eigenvalue weighted by Crippen LogP contribution is -2.48. The number of ether oxygens (including phenoxy) is 1. The normalized spacial score (nSPS) is 17.5. The van der Waals surface area contributed by atoms with E-state index in [0.717, 1.165) is 57.4 Å². The van der Waals surface area contributed by atoms with Gasteiger partial charge in [0.15, 0.2) is 5.60 Å². The SMILES string of the molecule is CCS(=O)(=O)N1CCN(Cc2cnc(N3CCOCC3)nc2)CC1.O=C(O)CC(O)(CC(=O)O)C(=O)O. The third-order valence-electron chi connectivity index (χ3n) is 5.77. The maximum Gasteiger partial charge on any atom is 0.336 e. The van der Waals surface area contributed by atoms with Gasteiger partial charge in [-0.05, 0) is 6.92 Å². The zero-order chi connectivity index (χ0) is 27.6. The molecule has 0 saturated carbocycles. The van der Waals surface area contributed by atoms with Crippen molar-refractivity contribution < 1.29 is 48.0 Å². The highest BCUT2D eigenvalue weighted by Gasteiger charge is 2.40. The Bertz CT molecular complexity index is 1010. The molecule has 2 fully saturated rings. The molecule has 2 saturated heterocycles. The van der Waals surface area contributed by atoms with Gasteiger partial charge < -0.3 is 30.1 Å². The fourth-order valence-corrected chi connectivity index (χ4v) is 4.76. The van der Waals surface area contributed by atoms with Crippen LogP contribution in [0.1, 0.15) is 25.3 Å². The van der Waals surface area contributed by atoms with E-state index in [9.17, 15) is 22.8 Å². The maximum atomic E-state index is 11.9. The molecule has 0 atom stereocenters. The number of anilines is 1. The molecule has 0 spiro atoms. The van der Waals surface area contributed by atoms with E-state index >= 15 is 0 Å². The van der Waals surface area contributed by atoms with Crippen LogP contribution in [0.2, 0.25) is 0 Å². The van der Waals surface area contributed by atoms with Gasteiger partial charge >= 0.3 is 17.9 Å². The number of aromatic nitrogens is 2. The van der Waals surface area contributed by atoms with Gasteiger partial charge in [0, 0.05) is 63.8 Å². The summed E-state index contributed by atoms with van der Waals surface area (Å²) in [5.74, 6) is -4.10. The van der Waals surface area contributed by atoms with Crippen LogP contribution in [0.15, 0.2) is 12.4 Å². The average molecular weight is 548 g/mol. The summed E-state index contributed by atoms with van der Waals surface area (Å²) in [5.41, 5.74) is -1.68. The topological polar surface area (TPSA) is 211 Å². The molecule has 0 aliphatic carbocycles. The van der Waals surface area contributed by atoms with Gasteiger partial charge in [-0.2, -0.15) is 4.31 Å². The van der Waals surface area contributed by atoms with E-state index in [1.54, 1.807) is 11.2 Å². The zero-order valence-corrected chi connectivity index (χ0v) is 21.3. The average Bonchev–Trinajstić information content (AvgIpc) is 2.85. The first-order chi connectivity index (χ1) is 17.4. The van der Waals surface area contributed by atoms with E-state index in [4.69, 9.17) is 25.2 Å². The number of hydrogen-bond donors (Lipinski definition) is 4. The Kier molecular flexibility index (Phi) is 11.1. The number of carbonyl (C=O) groups is 3. The van der Waals surface area contributed by atoms with Gasteiger partial charge in [-0.1, -0.05) is 0 Å². The Balaban J connectivity index is 0.000000317. The molecular formula is C21H33N5O10S. The van der Waals surface area contributed by atoms with Crippen molar-refractivity contribution in [3.8, 4) is 0 Å². The van der Waals surface area contributed by atoms with Gasteiger partial charge in [-0.25, -0.2) is 23.2 Å². The minimum atomic E-state index is -3.07. The summed E-state index contributed by atoms with van der Waals surface area (Å²) in [6.07, 6.45) is 1.45. The second-order valence-electron chi connectivity index (χ2n) is 8.54. The summed E-state index contributed by atoms with van der Waals surface area (Å²) in [6, 6.07) is 0. The molecule has 0 unspecified atom stereocenters. The van der Waals surface area contributed by atoms with Crippen LogP contribution in [-0.2, 0) is 35.7 Å². The summed E-state index contributed by atoms with van der Waals surface area (Å²) in [6.45, 7) is 8.13. The molecule has 0 bridgehead atoms. The van der Waals surface area contributed by atoms with Crippen molar-refractivity contribution in [1.82, 2.24) is 19.2 Å². The second-order valence-corrected chi connectivity index (χ2v) is 10.8. The maximum absolute atomic E-state index is 11.9. The van der Waals surface area contributed by atoms with Crippen LogP contribution in [0, 0.1) is 0 Å². The molecule has 16 heteroatoms. The highest BCUT2D eigenvalue weighted by Crippen LogP contribution is 2.16. The number of sulfonamides is 1. The van der Waals surface area contributed by atoms with Crippen molar-refractivity contribution in [2.24, 2.45) is 0 Å². The molecule has 4 N–H and O–H groups in total. The molecule has 1 aromatic heterocycles. The number of morpholine rings is 1. The molecule has 2 aliphatic rings. The summed E-state index contributed by atoms with van der Waals surface area (Å²) < 4.78 is 30.7. The molecule has 2 aliphatic heterocycles. The fourth-order valence-electron chi connectivity index (χ4n) is 3.68. The van der Waals surface area contributed by atoms with Crippen molar-refractivity contribution >= 4 is 33.9 Å². The third-order valence-corrected chi connectivity index (χ3v) is 7.65. The van der Waals surface area contributed by atoms with E-state index in [1.807, 2.05) is 12.4 Å². The quantitative estimate of drug-likeness (QED) is 0.263. The van der Waals surface area contributed by atoms with Crippen molar-refractivity contribution in [2.45, 2.75) is 31.9 Å². The van der Waals surface area contributed by atoms with Crippen LogP contribution < -0.4 is 4.90 Å². The van der Waals surface area contributed by atoms with Gasteiger partial charge in [0.2, 0.25) is 16.0 Å². The Morgan fingerprint density at radius 1 is 0.946 bits per heavy atom. The summed E-state index contributed by atoms with van der Waals surface area (Å²) in [4.78, 5) is 43.8. The molecular weight excluding hydrogens is 514 g/mol. The van der Waals surface area contributed by atoms with Crippen molar-refractivity contribution in [3.05, 3.63) is 18.0 Å². The molecule has 3 rings (SSSR count). The lowest BCUT2D eigenvalue weighted by Gasteiger charge is -2.33. The first kappa shape index (κ1) is 30.3. The lowest BCUT2D eigenvalue weighted by atomic mass is 9.96. The zero-order valence-electron chi connectivity index (χ0n) is 20.5. The highest BCUT2D eigenvalue weighted by molar-refractivity contribution is 7.89. The van der Waals surface area contributed by atoms with Gasteiger partial charge in [0.25, 0.3) is 0 Å². The Morgan fingerprint density at radius 3 is 1.89 bits per heavy atom. The molecule has 3 heterocycles. The van der Waals surface area contributed by atoms with Crippen molar-refractivity contribution in [2.75, 3.05) is 63.1 Å². The van der Waals surface area contributed by atoms with Crippen LogP contribution in [0.5, 0.6) is 0 Å². The van der Waals surface area contributed by atoms with E-state index in [-0.39, 0.29) is 5.75 Å². The predicted octanol–water partition coefficient (Wildman–Crippen LogP) is -1.47. The smallest absolute Gasteiger partial charge is 0.336 e. The Labute approximate surface area is 214 Å². The van der Waals surface area contributed by atoms with Gasteiger partial charge in [-0.3, -0.25) is 14.5 Å². The highest BCUT2D eigenvalue weighted by atomic mass is 32.2. The van der Waals surface area contributed by atoms with E-state index in [0.29, 0.717) is 13.1 Å². The van der Waals surface area contributed by atoms with Crippen LogP contribution in [0.4, 0.5) is 5.95 Å². The third kappa shape index (κ3) is 9.47. The van der Waals surface area contributed by atoms with Crippen LogP contribution in [0.25, 0.3) is 0 Å². The molecule has 0 amide bonds. The molecule has 37 heavy (non-hydrogen) atoms. The molecule has 0 aromatic carbocycles. The molecule has 1 aromatic rings. The number of nitrogens with zero attached hydrogens (tertiary/aromatic N) is 5. The number of piperazine rings is 1. The van der Waals surface area contributed by atoms with Crippen LogP contribution >= 0.6 is 0 Å². The number of carboxylic acid groups (broad SMARTS) is 3. The van der Waals surface area contributed by atoms with Crippen LogP contribution in [-0.4, -0.2) is 130 Å². The van der Waals surface area contributed by atoms with Crippen molar-refractivity contribution in [3.63, 3.8) is 0 Å². The fraction of sp³-hybridized carbons (Fsp3) is 0.667. The summed E-state index contributed by atoms with van der Waals surface area (Å²) >= 11 is 0. The first-order valence-corrected chi connectivity index (χ1v) is 13.2. The van der Waals surface area contributed by atoms with Gasteiger partial charge in [0.1, 0.15) is 0 Å². The Morgan fingerprint density at radius 2 is 1.46 bits per heavy atom. The molecule has 0 radical (unpaired) electrons. The largest absolute Gasteiger partial charge is 0.481 e. The lowest BCUT2D eigenvalue weighted by molar-refractivity contribution is -0.170. The monoisotopic (exact) mass is 547 g/mol. The number of aliphatic hydroxyl groups is 1. The van der Waals surface area contributed by atoms with E-state index in [1.165, 1.54) is 0 Å². The molecule has 15 nitrogen and oxygen atoms in total. The van der Waals surface area contributed by atoms with Crippen LogP contribution in [0.3, 0.4) is 0 Å². The standard InChI is InChI=1S/C15H25N5O3S.C6H8O7/c1-2-24(21,22)20-5-3-18(4-6-20)13-14-11-16-15(17-12-14)19-7-9-23-10-8-19;7-3(8)1-6(13,5(11)12)2-4(9)10/h11-12H,2-10,13H2,1H3;13H,1-2H2,(H,7,8)(H,9,10)(H,11,12).